The van der Waals surface area contributed by atoms with E-state index in [0.29, 0.717) is 19.4 Å². The Labute approximate surface area is 210 Å². The molecular formula is C19H41N5O11S. The van der Waals surface area contributed by atoms with Crippen LogP contribution in [0.1, 0.15) is 26.2 Å². The minimum Gasteiger partial charge on any atom is -0.388 e. The number of aliphatic hydroxyl groups excluding tert-OH is 2. The van der Waals surface area contributed by atoms with Gasteiger partial charge in [0.1, 0.15) is 30.0 Å². The van der Waals surface area contributed by atoms with Gasteiger partial charge in [-0.1, -0.05) is 0 Å². The maximum atomic E-state index is 11.0. The third-order valence-electron chi connectivity index (χ3n) is 6.55. The predicted molar refractivity (Wildman–Crippen MR) is 125 cm³/mol. The number of nitrogens with one attached hydrogen (secondary N) is 1. The summed E-state index contributed by atoms with van der Waals surface area (Å²) in [5.41, 5.74) is 23.0. The molecule has 3 fully saturated rings. The minimum atomic E-state index is -4.67. The van der Waals surface area contributed by atoms with Gasteiger partial charge in [-0.3, -0.25) is 9.11 Å². The molecule has 2 saturated heterocycles. The van der Waals surface area contributed by atoms with E-state index in [1.54, 1.807) is 14.0 Å². The molecule has 3 aliphatic rings. The fraction of sp³-hybridized carbons (Fsp3) is 1.00. The molecule has 17 heteroatoms. The zero-order valence-electron chi connectivity index (χ0n) is 20.3. The van der Waals surface area contributed by atoms with Gasteiger partial charge < -0.3 is 62.5 Å². The number of rotatable bonds is 6. The van der Waals surface area contributed by atoms with Gasteiger partial charge in [0, 0.05) is 18.6 Å². The number of hydrogen-bond acceptors (Lipinski definition) is 14. The highest BCUT2D eigenvalue weighted by Gasteiger charge is 2.50. The van der Waals surface area contributed by atoms with Crippen molar-refractivity contribution in [2.24, 2.45) is 22.9 Å². The lowest BCUT2D eigenvalue weighted by Crippen LogP contribution is -2.68. The lowest BCUT2D eigenvalue weighted by Gasteiger charge is -2.48. The molecular weight excluding hydrogens is 506 g/mol. The maximum Gasteiger partial charge on any atom is 0.394 e. The second-order valence-electron chi connectivity index (χ2n) is 9.60. The molecule has 2 heterocycles. The minimum absolute atomic E-state index is 0.0665. The van der Waals surface area contributed by atoms with Gasteiger partial charge in [-0.2, -0.15) is 8.42 Å². The molecule has 12 atom stereocenters. The van der Waals surface area contributed by atoms with Gasteiger partial charge >= 0.3 is 10.4 Å². The average molecular weight is 548 g/mol. The van der Waals surface area contributed by atoms with Crippen LogP contribution in [0, 0.1) is 0 Å². The van der Waals surface area contributed by atoms with Crippen LogP contribution in [0.5, 0.6) is 0 Å². The van der Waals surface area contributed by atoms with Crippen LogP contribution >= 0.6 is 0 Å². The van der Waals surface area contributed by atoms with Gasteiger partial charge in [-0.15, -0.1) is 0 Å². The summed E-state index contributed by atoms with van der Waals surface area (Å²) < 4.78 is 54.8. The monoisotopic (exact) mass is 547 g/mol. The van der Waals surface area contributed by atoms with Gasteiger partial charge in [0.2, 0.25) is 0 Å². The Kier molecular flexibility index (Phi) is 11.4. The Morgan fingerprint density at radius 1 is 1.00 bits per heavy atom. The van der Waals surface area contributed by atoms with Crippen LogP contribution in [-0.4, -0.2) is 126 Å². The Morgan fingerprint density at radius 3 is 2.03 bits per heavy atom. The number of ether oxygens (including phenoxy) is 4. The zero-order chi connectivity index (χ0) is 27.4. The smallest absolute Gasteiger partial charge is 0.388 e. The highest BCUT2D eigenvalue weighted by atomic mass is 32.3. The van der Waals surface area contributed by atoms with Gasteiger partial charge in [0.05, 0.1) is 24.8 Å². The molecule has 0 bridgehead atoms. The molecule has 0 spiro atoms. The van der Waals surface area contributed by atoms with Crippen LogP contribution < -0.4 is 28.3 Å². The maximum absolute atomic E-state index is 11.0. The second-order valence-corrected chi connectivity index (χ2v) is 10.5. The molecule has 214 valence electrons. The van der Waals surface area contributed by atoms with Gasteiger partial charge in [0.25, 0.3) is 0 Å². The summed E-state index contributed by atoms with van der Waals surface area (Å²) in [5.74, 6) is 0. The van der Waals surface area contributed by atoms with Crippen molar-refractivity contribution in [1.82, 2.24) is 5.32 Å². The normalized spacial score (nSPS) is 46.0. The first-order valence-corrected chi connectivity index (χ1v) is 13.0. The lowest BCUT2D eigenvalue weighted by atomic mass is 9.84. The van der Waals surface area contributed by atoms with E-state index >= 15 is 0 Å². The summed E-state index contributed by atoms with van der Waals surface area (Å²) in [5, 5.41) is 34.9. The summed E-state index contributed by atoms with van der Waals surface area (Å²) in [7, 11) is -3.04. The summed E-state index contributed by atoms with van der Waals surface area (Å²) in [6, 6.07) is -2.26. The molecule has 0 amide bonds. The van der Waals surface area contributed by atoms with Crippen molar-refractivity contribution >= 4 is 10.4 Å². The third kappa shape index (κ3) is 8.45. The Hall–Kier alpha value is -0.610. The summed E-state index contributed by atoms with van der Waals surface area (Å²) >= 11 is 0. The largest absolute Gasteiger partial charge is 0.394 e. The second kappa shape index (κ2) is 13.0. The number of likely N-dealkylation sites (N-methyl/N-ethyl adjacent to an activating group) is 1. The molecule has 0 aromatic rings. The van der Waals surface area contributed by atoms with E-state index in [1.807, 2.05) is 0 Å². The quantitative estimate of drug-likeness (QED) is 0.140. The molecule has 1 saturated carbocycles. The van der Waals surface area contributed by atoms with E-state index in [1.165, 1.54) is 0 Å². The lowest BCUT2D eigenvalue weighted by molar-refractivity contribution is -0.306. The topological polar surface area (TPSA) is 288 Å². The Balaban J connectivity index is 0.000000830. The molecule has 0 radical (unpaired) electrons. The van der Waals surface area contributed by atoms with Crippen LogP contribution in [-0.2, 0) is 29.3 Å². The Bertz CT molecular complexity index is 786. The van der Waals surface area contributed by atoms with Crippen molar-refractivity contribution in [3.63, 3.8) is 0 Å². The van der Waals surface area contributed by atoms with Crippen molar-refractivity contribution in [1.29, 1.82) is 0 Å². The van der Waals surface area contributed by atoms with E-state index in [2.05, 4.69) is 5.32 Å². The number of nitrogens with two attached hydrogens (primary N) is 4. The number of aliphatic hydroxyl groups is 3. The van der Waals surface area contributed by atoms with Crippen molar-refractivity contribution in [2.75, 3.05) is 20.2 Å². The highest BCUT2D eigenvalue weighted by Crippen LogP contribution is 2.31. The first kappa shape index (κ1) is 31.6. The fourth-order valence-electron chi connectivity index (χ4n) is 4.69. The average Bonchev–Trinajstić information content (AvgIpc) is 2.75. The number of hydrogen-bond donors (Lipinski definition) is 10. The van der Waals surface area contributed by atoms with Crippen molar-refractivity contribution < 1.29 is 51.8 Å². The Morgan fingerprint density at radius 2 is 1.53 bits per heavy atom. The van der Waals surface area contributed by atoms with Gasteiger partial charge in [0.15, 0.2) is 12.6 Å². The van der Waals surface area contributed by atoms with Crippen molar-refractivity contribution in [3.05, 3.63) is 0 Å². The van der Waals surface area contributed by atoms with E-state index in [-0.39, 0.29) is 18.8 Å². The molecule has 36 heavy (non-hydrogen) atoms. The van der Waals surface area contributed by atoms with Crippen molar-refractivity contribution in [3.8, 4) is 0 Å². The molecule has 0 aromatic heterocycles. The zero-order valence-corrected chi connectivity index (χ0v) is 21.1. The van der Waals surface area contributed by atoms with Gasteiger partial charge in [-0.25, -0.2) is 0 Å². The fourth-order valence-corrected chi connectivity index (χ4v) is 4.69. The van der Waals surface area contributed by atoms with Crippen molar-refractivity contribution in [2.45, 2.75) is 99.1 Å². The van der Waals surface area contributed by atoms with E-state index < -0.39 is 71.1 Å². The van der Waals surface area contributed by atoms with Crippen LogP contribution in [0.2, 0.25) is 0 Å². The van der Waals surface area contributed by atoms with Crippen LogP contribution in [0.3, 0.4) is 0 Å². The standard InChI is InChI=1S/C19H39N5O7.H2O4S/c1-19(27)7-28-18(13(26)16(19)24-2)31-15-11(23)5-10(22)14(12(15)25)30-17-9(21)4-3-8(6-20)29-17;1-5(2,3)4/h8-18,24-27H,3-7,20-23H2,1-2H3;(H2,1,2,3,4). The van der Waals surface area contributed by atoms with Gasteiger partial charge in [-0.05, 0) is 33.2 Å². The van der Waals surface area contributed by atoms with E-state index in [4.69, 9.17) is 59.4 Å². The molecule has 0 aromatic carbocycles. The van der Waals surface area contributed by atoms with E-state index in [9.17, 15) is 15.3 Å². The van der Waals surface area contributed by atoms with Crippen LogP contribution in [0.15, 0.2) is 0 Å². The van der Waals surface area contributed by atoms with E-state index in [0.717, 1.165) is 6.42 Å². The first-order chi connectivity index (χ1) is 16.6. The third-order valence-corrected chi connectivity index (χ3v) is 6.55. The molecule has 2 aliphatic heterocycles. The molecule has 1 aliphatic carbocycles. The molecule has 14 N–H and O–H groups in total. The molecule has 12 unspecified atom stereocenters. The summed E-state index contributed by atoms with van der Waals surface area (Å²) in [6.07, 6.45) is -4.48. The van der Waals surface area contributed by atoms with Crippen LogP contribution in [0.25, 0.3) is 0 Å². The SMILES string of the molecule is CNC1C(O)C(OC2C(N)CC(N)C(OC3OC(CN)CCC3N)C2O)OCC1(C)O.O=S(=O)(O)O. The summed E-state index contributed by atoms with van der Waals surface area (Å²) in [4.78, 5) is 0. The molecule has 16 nitrogen and oxygen atoms in total. The highest BCUT2D eigenvalue weighted by molar-refractivity contribution is 7.79. The predicted octanol–water partition coefficient (Wildman–Crippen LogP) is -4.63. The first-order valence-electron chi connectivity index (χ1n) is 11.6. The van der Waals surface area contributed by atoms with Crippen LogP contribution in [0.4, 0.5) is 0 Å². The summed E-state index contributed by atoms with van der Waals surface area (Å²) in [6.45, 7) is 1.83. The molecule has 3 rings (SSSR count).